The maximum atomic E-state index is 11.7. The van der Waals surface area contributed by atoms with Crippen molar-refractivity contribution in [3.63, 3.8) is 0 Å². The van der Waals surface area contributed by atoms with Gasteiger partial charge in [-0.1, -0.05) is 20.8 Å². The van der Waals surface area contributed by atoms with Crippen molar-refractivity contribution in [1.82, 2.24) is 0 Å². The number of carbonyl (C=O) groups is 1. The molecule has 1 aliphatic carbocycles. The van der Waals surface area contributed by atoms with Gasteiger partial charge < -0.3 is 15.2 Å². The maximum absolute atomic E-state index is 11.7. The summed E-state index contributed by atoms with van der Waals surface area (Å²) in [5.74, 6) is -0.488. The van der Waals surface area contributed by atoms with E-state index in [1.54, 1.807) is 13.0 Å². The normalized spacial score (nSPS) is 25.2. The van der Waals surface area contributed by atoms with Crippen LogP contribution in [0.1, 0.15) is 47.0 Å². The van der Waals surface area contributed by atoms with Crippen LogP contribution in [0.15, 0.2) is 16.8 Å². The number of nitrogens with zero attached hydrogens (tertiary/aromatic N) is 1. The monoisotopic (exact) mass is 294 g/mol. The van der Waals surface area contributed by atoms with Crippen molar-refractivity contribution >= 4 is 11.7 Å². The average Bonchev–Trinajstić information content (AvgIpc) is 3.05. The van der Waals surface area contributed by atoms with Gasteiger partial charge in [-0.15, -0.1) is 0 Å². The van der Waals surface area contributed by atoms with Crippen LogP contribution < -0.4 is 5.73 Å². The van der Waals surface area contributed by atoms with E-state index in [2.05, 4.69) is 20.8 Å². The smallest absolute Gasteiger partial charge is 0.354 e. The van der Waals surface area contributed by atoms with E-state index in [9.17, 15) is 4.79 Å². The van der Waals surface area contributed by atoms with Crippen molar-refractivity contribution in [3.05, 3.63) is 11.8 Å². The molecule has 1 unspecified atom stereocenters. The lowest BCUT2D eigenvalue weighted by Gasteiger charge is -2.23. The highest BCUT2D eigenvalue weighted by molar-refractivity contribution is 6.04. The fourth-order valence-corrected chi connectivity index (χ4v) is 2.55. The molecule has 118 valence electrons. The Morgan fingerprint density at radius 2 is 2.14 bits per heavy atom. The molecule has 2 rings (SSSR count). The zero-order valence-electron chi connectivity index (χ0n) is 13.4. The van der Waals surface area contributed by atoms with Gasteiger partial charge in [0.05, 0.1) is 18.2 Å². The number of esters is 1. The molecule has 0 amide bonds. The standard InChI is InChI=1S/C16H26N2O3/c1-5-20-14(19)11(17)10-13(15(2,3)4)18-12-6-9-21-16(12)7-8-16/h10,12H,5-9,17H2,1-4H3. The molecule has 1 spiro atoms. The Balaban J connectivity index is 2.23. The van der Waals surface area contributed by atoms with Crippen molar-refractivity contribution in [2.45, 2.75) is 58.6 Å². The van der Waals surface area contributed by atoms with Crippen molar-refractivity contribution in [1.29, 1.82) is 0 Å². The molecule has 0 bridgehead atoms. The highest BCUT2D eigenvalue weighted by Crippen LogP contribution is 2.49. The molecular weight excluding hydrogens is 268 g/mol. The van der Waals surface area contributed by atoms with Crippen LogP contribution in [0.5, 0.6) is 0 Å². The molecule has 1 atom stereocenters. The van der Waals surface area contributed by atoms with Crippen LogP contribution >= 0.6 is 0 Å². The Hall–Kier alpha value is -1.36. The van der Waals surface area contributed by atoms with E-state index in [4.69, 9.17) is 20.2 Å². The Kier molecular flexibility index (Phi) is 4.42. The molecule has 0 aromatic rings. The zero-order valence-corrected chi connectivity index (χ0v) is 13.4. The summed E-state index contributed by atoms with van der Waals surface area (Å²) >= 11 is 0. The van der Waals surface area contributed by atoms with Gasteiger partial charge in [0.15, 0.2) is 0 Å². The molecule has 2 N–H and O–H groups in total. The maximum Gasteiger partial charge on any atom is 0.354 e. The Bertz CT molecular complexity index is 470. The van der Waals surface area contributed by atoms with Crippen LogP contribution in [0.25, 0.3) is 0 Å². The minimum Gasteiger partial charge on any atom is -0.461 e. The van der Waals surface area contributed by atoms with E-state index < -0.39 is 5.97 Å². The molecule has 5 heteroatoms. The quantitative estimate of drug-likeness (QED) is 0.490. The number of aliphatic imine (C=N–C) groups is 1. The molecule has 1 heterocycles. The largest absolute Gasteiger partial charge is 0.461 e. The Morgan fingerprint density at radius 1 is 1.48 bits per heavy atom. The molecule has 0 aromatic heterocycles. The molecule has 0 radical (unpaired) electrons. The molecule has 2 fully saturated rings. The average molecular weight is 294 g/mol. The number of rotatable bonds is 4. The lowest BCUT2D eigenvalue weighted by molar-refractivity contribution is -0.138. The van der Waals surface area contributed by atoms with Gasteiger partial charge in [0, 0.05) is 17.7 Å². The third-order valence-electron chi connectivity index (χ3n) is 4.00. The fraction of sp³-hybridized carbons (Fsp3) is 0.750. The van der Waals surface area contributed by atoms with Gasteiger partial charge in [-0.25, -0.2) is 4.79 Å². The summed E-state index contributed by atoms with van der Waals surface area (Å²) < 4.78 is 10.7. The lowest BCUT2D eigenvalue weighted by atomic mass is 9.88. The van der Waals surface area contributed by atoms with E-state index in [1.165, 1.54) is 0 Å². The van der Waals surface area contributed by atoms with Crippen LogP contribution in [-0.4, -0.2) is 36.5 Å². The number of hydrogen-bond acceptors (Lipinski definition) is 5. The van der Waals surface area contributed by atoms with E-state index in [1.807, 2.05) is 0 Å². The number of hydrogen-bond donors (Lipinski definition) is 1. The fourth-order valence-electron chi connectivity index (χ4n) is 2.55. The summed E-state index contributed by atoms with van der Waals surface area (Å²) in [4.78, 5) is 16.6. The first-order valence-electron chi connectivity index (χ1n) is 7.65. The van der Waals surface area contributed by atoms with E-state index in [0.29, 0.717) is 6.61 Å². The molecule has 1 saturated carbocycles. The predicted octanol–water partition coefficient (Wildman–Crippen LogP) is 2.20. The highest BCUT2D eigenvalue weighted by Gasteiger charge is 2.54. The first-order valence-corrected chi connectivity index (χ1v) is 7.65. The minimum absolute atomic E-state index is 0.0387. The summed E-state index contributed by atoms with van der Waals surface area (Å²) in [7, 11) is 0. The Labute approximate surface area is 126 Å². The van der Waals surface area contributed by atoms with Crippen LogP contribution in [0.3, 0.4) is 0 Å². The second-order valence-electron chi connectivity index (χ2n) is 6.80. The molecular formula is C16H26N2O3. The van der Waals surface area contributed by atoms with Crippen molar-refractivity contribution < 1.29 is 14.3 Å². The molecule has 21 heavy (non-hydrogen) atoms. The zero-order chi connectivity index (χ0) is 15.7. The van der Waals surface area contributed by atoms with Gasteiger partial charge in [0.1, 0.15) is 5.70 Å². The number of ether oxygens (including phenoxy) is 2. The van der Waals surface area contributed by atoms with E-state index in [0.717, 1.165) is 31.6 Å². The number of allylic oxidation sites excluding steroid dienone is 1. The molecule has 2 aliphatic rings. The summed E-state index contributed by atoms with van der Waals surface area (Å²) in [5.41, 5.74) is 6.54. The molecule has 1 saturated heterocycles. The van der Waals surface area contributed by atoms with E-state index in [-0.39, 0.29) is 22.8 Å². The Morgan fingerprint density at radius 3 is 2.67 bits per heavy atom. The molecule has 5 nitrogen and oxygen atoms in total. The van der Waals surface area contributed by atoms with Crippen LogP contribution in [-0.2, 0) is 14.3 Å². The van der Waals surface area contributed by atoms with Gasteiger partial charge in [-0.3, -0.25) is 4.99 Å². The second kappa shape index (κ2) is 5.79. The highest BCUT2D eigenvalue weighted by atomic mass is 16.5. The predicted molar refractivity (Wildman–Crippen MR) is 82.1 cm³/mol. The van der Waals surface area contributed by atoms with Gasteiger partial charge in [-0.05, 0) is 32.3 Å². The molecule has 1 aliphatic heterocycles. The summed E-state index contributed by atoms with van der Waals surface area (Å²) in [5, 5.41) is 0. The van der Waals surface area contributed by atoms with Gasteiger partial charge in [0.25, 0.3) is 0 Å². The summed E-state index contributed by atoms with van der Waals surface area (Å²) in [6, 6.07) is 0.179. The van der Waals surface area contributed by atoms with Crippen LogP contribution in [0.2, 0.25) is 0 Å². The number of carbonyl (C=O) groups excluding carboxylic acids is 1. The number of nitrogens with two attached hydrogens (primary N) is 1. The summed E-state index contributed by atoms with van der Waals surface area (Å²) in [6.07, 6.45) is 4.75. The first kappa shape index (κ1) is 16.0. The van der Waals surface area contributed by atoms with Gasteiger partial charge in [0.2, 0.25) is 0 Å². The third-order valence-corrected chi connectivity index (χ3v) is 4.00. The van der Waals surface area contributed by atoms with Crippen molar-refractivity contribution in [3.8, 4) is 0 Å². The van der Waals surface area contributed by atoms with E-state index >= 15 is 0 Å². The minimum atomic E-state index is -0.488. The summed E-state index contributed by atoms with van der Waals surface area (Å²) in [6.45, 7) is 9.04. The van der Waals surface area contributed by atoms with Crippen LogP contribution in [0.4, 0.5) is 0 Å². The first-order chi connectivity index (χ1) is 9.78. The second-order valence-corrected chi connectivity index (χ2v) is 6.80. The SMILES string of the molecule is CCOC(=O)C(N)=CC(=NC1CCOC12CC2)C(C)(C)C. The topological polar surface area (TPSA) is 73.9 Å². The third kappa shape index (κ3) is 3.64. The van der Waals surface area contributed by atoms with Crippen molar-refractivity contribution in [2.24, 2.45) is 16.1 Å². The molecule has 0 aromatic carbocycles. The van der Waals surface area contributed by atoms with Crippen molar-refractivity contribution in [2.75, 3.05) is 13.2 Å². The van der Waals surface area contributed by atoms with Gasteiger partial charge in [-0.2, -0.15) is 0 Å². The lowest BCUT2D eigenvalue weighted by Crippen LogP contribution is -2.28. The van der Waals surface area contributed by atoms with Crippen LogP contribution in [0, 0.1) is 5.41 Å². The van der Waals surface area contributed by atoms with Gasteiger partial charge >= 0.3 is 5.97 Å².